The highest BCUT2D eigenvalue weighted by Gasteiger charge is 2.16. The zero-order chi connectivity index (χ0) is 11.6. The molecule has 91 valence electrons. The molecule has 0 bridgehead atoms. The Bertz CT molecular complexity index is 172. The van der Waals surface area contributed by atoms with E-state index < -0.39 is 6.72 Å². The van der Waals surface area contributed by atoms with Gasteiger partial charge in [-0.15, -0.1) is 4.89 Å². The lowest BCUT2D eigenvalue weighted by molar-refractivity contribution is 0.171. The van der Waals surface area contributed by atoms with Crippen molar-refractivity contribution in [1.29, 1.82) is 0 Å². The third-order valence-corrected chi connectivity index (χ3v) is 3.62. The average Bonchev–Trinajstić information content (AvgIpc) is 2.20. The fourth-order valence-electron chi connectivity index (χ4n) is 1.09. The van der Waals surface area contributed by atoms with Gasteiger partial charge < -0.3 is 9.05 Å². The van der Waals surface area contributed by atoms with Crippen LogP contribution in [-0.2, 0) is 25.7 Å². The predicted molar refractivity (Wildman–Crippen MR) is 65.9 cm³/mol. The highest BCUT2D eigenvalue weighted by atomic mass is 32.5. The second-order valence-electron chi connectivity index (χ2n) is 3.53. The van der Waals surface area contributed by atoms with Crippen LogP contribution in [0.1, 0.15) is 52.4 Å². The molecule has 0 unspecified atom stereocenters. The lowest BCUT2D eigenvalue weighted by atomic mass is 10.3. The lowest BCUT2D eigenvalue weighted by Crippen LogP contribution is -1.97. The minimum atomic E-state index is -3.19. The molecule has 0 fully saturated rings. The molecule has 0 aliphatic rings. The molecular formula is C10H22O3PS. The van der Waals surface area contributed by atoms with Gasteiger partial charge in [0.15, 0.2) is 0 Å². The van der Waals surface area contributed by atoms with E-state index in [9.17, 15) is 4.89 Å². The van der Waals surface area contributed by atoms with E-state index in [1.54, 1.807) is 0 Å². The van der Waals surface area contributed by atoms with E-state index >= 15 is 0 Å². The van der Waals surface area contributed by atoms with Crippen LogP contribution in [0.3, 0.4) is 0 Å². The fraction of sp³-hybridized carbons (Fsp3) is 1.00. The van der Waals surface area contributed by atoms with Crippen LogP contribution in [0.15, 0.2) is 0 Å². The minimum Gasteiger partial charge on any atom is -0.307 e. The monoisotopic (exact) mass is 253 g/mol. The van der Waals surface area contributed by atoms with Crippen LogP contribution in [0.5, 0.6) is 0 Å². The van der Waals surface area contributed by atoms with Gasteiger partial charge in [-0.05, 0) is 24.6 Å². The molecule has 0 aliphatic carbocycles. The molecule has 0 spiro atoms. The smallest absolute Gasteiger partial charge is 0.307 e. The van der Waals surface area contributed by atoms with Crippen molar-refractivity contribution in [1.82, 2.24) is 0 Å². The zero-order valence-corrected chi connectivity index (χ0v) is 11.4. The summed E-state index contributed by atoms with van der Waals surface area (Å²) in [4.78, 5) is 11.5. The molecule has 15 heavy (non-hydrogen) atoms. The first-order chi connectivity index (χ1) is 7.12. The SMILES string of the molecule is CCCCCOP([O])(=S)OCCCCC. The Morgan fingerprint density at radius 1 is 0.933 bits per heavy atom. The van der Waals surface area contributed by atoms with Gasteiger partial charge >= 0.3 is 6.72 Å². The van der Waals surface area contributed by atoms with Crippen molar-refractivity contribution in [3.63, 3.8) is 0 Å². The Hall–Kier alpha value is 0.530. The molecule has 0 aromatic heterocycles. The highest BCUT2D eigenvalue weighted by Crippen LogP contribution is 2.45. The van der Waals surface area contributed by atoms with Crippen molar-refractivity contribution in [3.05, 3.63) is 0 Å². The summed E-state index contributed by atoms with van der Waals surface area (Å²) in [5.74, 6) is 0. The van der Waals surface area contributed by atoms with E-state index in [2.05, 4.69) is 13.8 Å². The van der Waals surface area contributed by atoms with Crippen LogP contribution >= 0.6 is 6.72 Å². The van der Waals surface area contributed by atoms with Crippen molar-refractivity contribution in [2.24, 2.45) is 0 Å². The van der Waals surface area contributed by atoms with Gasteiger partial charge in [0.05, 0.1) is 13.2 Å². The van der Waals surface area contributed by atoms with Gasteiger partial charge in [-0.3, -0.25) is 0 Å². The maximum atomic E-state index is 11.5. The third kappa shape index (κ3) is 10.8. The molecule has 0 rings (SSSR count). The summed E-state index contributed by atoms with van der Waals surface area (Å²) in [6, 6.07) is 0. The molecule has 5 heteroatoms. The summed E-state index contributed by atoms with van der Waals surface area (Å²) < 4.78 is 10.1. The third-order valence-electron chi connectivity index (χ3n) is 1.99. The Morgan fingerprint density at radius 2 is 1.33 bits per heavy atom. The first kappa shape index (κ1) is 15.5. The molecule has 0 saturated heterocycles. The highest BCUT2D eigenvalue weighted by molar-refractivity contribution is 8.07. The summed E-state index contributed by atoms with van der Waals surface area (Å²) in [5.41, 5.74) is 0. The largest absolute Gasteiger partial charge is 0.356 e. The number of hydrogen-bond donors (Lipinski definition) is 0. The molecule has 0 saturated carbocycles. The van der Waals surface area contributed by atoms with Crippen molar-refractivity contribution >= 4 is 18.5 Å². The molecule has 0 atom stereocenters. The summed E-state index contributed by atoms with van der Waals surface area (Å²) in [7, 11) is 0. The molecule has 0 N–H and O–H groups in total. The summed E-state index contributed by atoms with van der Waals surface area (Å²) in [5, 5.41) is 0. The van der Waals surface area contributed by atoms with E-state index in [0.29, 0.717) is 13.2 Å². The molecule has 0 aromatic carbocycles. The van der Waals surface area contributed by atoms with Crippen LogP contribution in [0, 0.1) is 0 Å². The lowest BCUT2D eigenvalue weighted by Gasteiger charge is -2.13. The van der Waals surface area contributed by atoms with E-state index in [0.717, 1.165) is 38.5 Å². The van der Waals surface area contributed by atoms with E-state index in [1.165, 1.54) is 0 Å². The van der Waals surface area contributed by atoms with Gasteiger partial charge in [-0.2, -0.15) is 0 Å². The molecule has 0 heterocycles. The molecule has 0 aromatic rings. The van der Waals surface area contributed by atoms with E-state index in [1.807, 2.05) is 0 Å². The molecular weight excluding hydrogens is 231 g/mol. The summed E-state index contributed by atoms with van der Waals surface area (Å²) >= 11 is 4.75. The van der Waals surface area contributed by atoms with Gasteiger partial charge in [0.2, 0.25) is 0 Å². The first-order valence-corrected chi connectivity index (χ1v) is 8.28. The number of rotatable bonds is 10. The number of hydrogen-bond acceptors (Lipinski definition) is 3. The molecule has 3 nitrogen and oxygen atoms in total. The van der Waals surface area contributed by atoms with Gasteiger partial charge in [0, 0.05) is 0 Å². The predicted octanol–water partition coefficient (Wildman–Crippen LogP) is 4.06. The summed E-state index contributed by atoms with van der Waals surface area (Å²) in [6.07, 6.45) is 6.17. The number of unbranched alkanes of at least 4 members (excludes halogenated alkanes) is 4. The van der Waals surface area contributed by atoms with Crippen LogP contribution in [0.2, 0.25) is 0 Å². The van der Waals surface area contributed by atoms with Crippen molar-refractivity contribution in [2.75, 3.05) is 13.2 Å². The van der Waals surface area contributed by atoms with Crippen LogP contribution in [0.25, 0.3) is 0 Å². The maximum absolute atomic E-state index is 11.5. The van der Waals surface area contributed by atoms with Crippen LogP contribution in [0.4, 0.5) is 0 Å². The zero-order valence-electron chi connectivity index (χ0n) is 9.74. The second kappa shape index (κ2) is 9.73. The van der Waals surface area contributed by atoms with Crippen molar-refractivity contribution in [2.45, 2.75) is 52.4 Å². The minimum absolute atomic E-state index is 0.447. The van der Waals surface area contributed by atoms with Gasteiger partial charge in [0.1, 0.15) is 0 Å². The normalized spacial score (nSPS) is 11.9. The average molecular weight is 253 g/mol. The maximum Gasteiger partial charge on any atom is 0.356 e. The second-order valence-corrected chi connectivity index (χ2v) is 6.28. The Kier molecular flexibility index (Phi) is 10.1. The fourth-order valence-corrected chi connectivity index (χ4v) is 2.32. The summed E-state index contributed by atoms with van der Waals surface area (Å²) in [6.45, 7) is 1.92. The van der Waals surface area contributed by atoms with Crippen molar-refractivity contribution < 1.29 is 13.9 Å². The van der Waals surface area contributed by atoms with Gasteiger partial charge in [-0.1, -0.05) is 39.5 Å². The Balaban J connectivity index is 3.45. The Morgan fingerprint density at radius 3 is 1.67 bits per heavy atom. The quantitative estimate of drug-likeness (QED) is 0.435. The molecule has 1 radical (unpaired) electrons. The van der Waals surface area contributed by atoms with Crippen molar-refractivity contribution in [3.8, 4) is 0 Å². The standard InChI is InChI=1S/C10H22O3PS/c1-3-5-7-9-12-14(11,15)13-10-8-6-4-2/h3-10H2,1-2H3. The topological polar surface area (TPSA) is 38.4 Å². The molecule has 0 amide bonds. The van der Waals surface area contributed by atoms with E-state index in [4.69, 9.17) is 20.9 Å². The van der Waals surface area contributed by atoms with Crippen LogP contribution < -0.4 is 0 Å². The van der Waals surface area contributed by atoms with Gasteiger partial charge in [-0.25, -0.2) is 0 Å². The van der Waals surface area contributed by atoms with Gasteiger partial charge in [0.25, 0.3) is 0 Å². The molecule has 0 aliphatic heterocycles. The van der Waals surface area contributed by atoms with Crippen LogP contribution in [-0.4, -0.2) is 13.2 Å². The van der Waals surface area contributed by atoms with E-state index in [-0.39, 0.29) is 0 Å². The Labute approximate surface area is 98.4 Å². The first-order valence-electron chi connectivity index (χ1n) is 5.72.